The Morgan fingerprint density at radius 3 is 2.88 bits per heavy atom. The standard InChI is InChI=1S/C16H15FN4OS2.H2/c1-10(19-14-3-2-11(17)9-18-14)12-8-13-15(23-12)20-16(24-13)21-4-6-22-7-5-21;/h2-3,8-9H,1,4-7H2,(H,18,19);1H. The number of pyridine rings is 1. The van der Waals surface area contributed by atoms with Crippen molar-refractivity contribution < 1.29 is 10.6 Å². The van der Waals surface area contributed by atoms with Gasteiger partial charge in [-0.3, -0.25) is 0 Å². The van der Waals surface area contributed by atoms with Gasteiger partial charge < -0.3 is 15.0 Å². The summed E-state index contributed by atoms with van der Waals surface area (Å²) in [6.07, 6.45) is 1.18. The third-order valence-electron chi connectivity index (χ3n) is 3.66. The van der Waals surface area contributed by atoms with E-state index in [0.717, 1.165) is 51.5 Å². The molecule has 24 heavy (non-hydrogen) atoms. The van der Waals surface area contributed by atoms with E-state index >= 15 is 0 Å². The molecule has 0 radical (unpaired) electrons. The number of halogens is 1. The first kappa shape index (κ1) is 15.5. The van der Waals surface area contributed by atoms with Crippen LogP contribution in [0.5, 0.6) is 0 Å². The Kier molecular flexibility index (Phi) is 4.17. The lowest BCUT2D eigenvalue weighted by Crippen LogP contribution is -2.36. The van der Waals surface area contributed by atoms with Gasteiger partial charge in [-0.25, -0.2) is 14.4 Å². The number of anilines is 2. The van der Waals surface area contributed by atoms with Crippen LogP contribution in [0.3, 0.4) is 0 Å². The van der Waals surface area contributed by atoms with E-state index in [9.17, 15) is 4.39 Å². The zero-order valence-corrected chi connectivity index (χ0v) is 14.4. The minimum Gasteiger partial charge on any atom is -0.378 e. The van der Waals surface area contributed by atoms with Gasteiger partial charge in [0.15, 0.2) is 5.13 Å². The van der Waals surface area contributed by atoms with E-state index in [0.29, 0.717) is 5.82 Å². The summed E-state index contributed by atoms with van der Waals surface area (Å²) in [6, 6.07) is 5.04. The molecule has 1 saturated heterocycles. The highest BCUT2D eigenvalue weighted by atomic mass is 32.1. The fourth-order valence-electron chi connectivity index (χ4n) is 2.43. The number of hydrogen-bond donors (Lipinski definition) is 1. The highest BCUT2D eigenvalue weighted by molar-refractivity contribution is 7.29. The monoisotopic (exact) mass is 364 g/mol. The average molecular weight is 364 g/mol. The van der Waals surface area contributed by atoms with Gasteiger partial charge in [0.1, 0.15) is 16.5 Å². The van der Waals surface area contributed by atoms with Crippen molar-refractivity contribution in [3.8, 4) is 0 Å². The second kappa shape index (κ2) is 6.46. The topological polar surface area (TPSA) is 50.3 Å². The molecule has 0 aromatic carbocycles. The summed E-state index contributed by atoms with van der Waals surface area (Å²) in [5.41, 5.74) is 0.734. The van der Waals surface area contributed by atoms with Crippen LogP contribution in [0.15, 0.2) is 31.0 Å². The van der Waals surface area contributed by atoms with Gasteiger partial charge in [-0.15, -0.1) is 11.3 Å². The molecule has 0 bridgehead atoms. The summed E-state index contributed by atoms with van der Waals surface area (Å²) >= 11 is 3.28. The zero-order valence-electron chi connectivity index (χ0n) is 12.8. The third kappa shape index (κ3) is 3.12. The maximum absolute atomic E-state index is 12.9. The molecular formula is C16H17FN4OS2. The predicted molar refractivity (Wildman–Crippen MR) is 99.5 cm³/mol. The molecule has 1 aliphatic heterocycles. The molecule has 3 aromatic rings. The molecule has 8 heteroatoms. The zero-order chi connectivity index (χ0) is 16.5. The quantitative estimate of drug-likeness (QED) is 0.757. The summed E-state index contributed by atoms with van der Waals surface area (Å²) in [7, 11) is 0. The van der Waals surface area contributed by atoms with Gasteiger partial charge in [-0.05, 0) is 18.2 Å². The number of hydrogen-bond acceptors (Lipinski definition) is 7. The summed E-state index contributed by atoms with van der Waals surface area (Å²) in [5.74, 6) is 0.211. The number of fused-ring (bicyclic) bond motifs is 1. The van der Waals surface area contributed by atoms with Crippen molar-refractivity contribution >= 4 is 48.9 Å². The highest BCUT2D eigenvalue weighted by Crippen LogP contribution is 2.37. The molecule has 126 valence electrons. The second-order valence-corrected chi connectivity index (χ2v) is 7.38. The Hall–Kier alpha value is -2.03. The number of ether oxygens (including phenoxy) is 1. The van der Waals surface area contributed by atoms with E-state index in [-0.39, 0.29) is 7.24 Å². The fraction of sp³-hybridized carbons (Fsp3) is 0.250. The van der Waals surface area contributed by atoms with Gasteiger partial charge in [0.25, 0.3) is 0 Å². The van der Waals surface area contributed by atoms with Crippen molar-refractivity contribution in [2.24, 2.45) is 0 Å². The fourth-order valence-corrected chi connectivity index (χ4v) is 4.62. The van der Waals surface area contributed by atoms with Crippen LogP contribution >= 0.6 is 22.7 Å². The van der Waals surface area contributed by atoms with Crippen molar-refractivity contribution in [1.82, 2.24) is 9.97 Å². The molecule has 1 fully saturated rings. The summed E-state index contributed by atoms with van der Waals surface area (Å²) in [6.45, 7) is 7.33. The molecule has 0 atom stereocenters. The molecule has 0 saturated carbocycles. The normalized spacial score (nSPS) is 15.0. The lowest BCUT2D eigenvalue weighted by molar-refractivity contribution is 0.122. The lowest BCUT2D eigenvalue weighted by Gasteiger charge is -2.25. The molecule has 3 aromatic heterocycles. The van der Waals surface area contributed by atoms with E-state index in [4.69, 9.17) is 9.72 Å². The Labute approximate surface area is 147 Å². The van der Waals surface area contributed by atoms with Gasteiger partial charge in [-0.1, -0.05) is 17.9 Å². The molecule has 4 rings (SSSR count). The van der Waals surface area contributed by atoms with E-state index in [2.05, 4.69) is 27.8 Å². The van der Waals surface area contributed by atoms with E-state index < -0.39 is 0 Å². The van der Waals surface area contributed by atoms with Crippen molar-refractivity contribution in [2.45, 2.75) is 0 Å². The van der Waals surface area contributed by atoms with Crippen molar-refractivity contribution in [2.75, 3.05) is 36.5 Å². The van der Waals surface area contributed by atoms with Crippen LogP contribution in [0.2, 0.25) is 0 Å². The minimum absolute atomic E-state index is 0. The summed E-state index contributed by atoms with van der Waals surface area (Å²) in [5, 5.41) is 4.15. The van der Waals surface area contributed by atoms with Crippen LogP contribution in [0.4, 0.5) is 15.3 Å². The molecular weight excluding hydrogens is 347 g/mol. The van der Waals surface area contributed by atoms with Gasteiger partial charge in [0, 0.05) is 20.2 Å². The van der Waals surface area contributed by atoms with Crippen LogP contribution in [0.25, 0.3) is 15.2 Å². The molecule has 0 aliphatic carbocycles. The van der Waals surface area contributed by atoms with Gasteiger partial charge >= 0.3 is 0 Å². The molecule has 1 aliphatic rings. The number of morpholine rings is 1. The van der Waals surface area contributed by atoms with Gasteiger partial charge in [-0.2, -0.15) is 0 Å². The Morgan fingerprint density at radius 2 is 2.17 bits per heavy atom. The number of thiophene rings is 1. The third-order valence-corrected chi connectivity index (χ3v) is 5.94. The van der Waals surface area contributed by atoms with Crippen LogP contribution in [0.1, 0.15) is 6.30 Å². The number of nitrogens with zero attached hydrogens (tertiary/aromatic N) is 3. The summed E-state index contributed by atoms with van der Waals surface area (Å²) in [4.78, 5) is 13.0. The maximum atomic E-state index is 12.9. The first-order valence-electron chi connectivity index (χ1n) is 7.50. The second-order valence-electron chi connectivity index (χ2n) is 5.34. The minimum atomic E-state index is -0.359. The SMILES string of the molecule is C=C(Nc1ccc(F)cn1)c1cc2sc(N3CCOCC3)nc2s1.[HH]. The van der Waals surface area contributed by atoms with E-state index in [1.807, 2.05) is 0 Å². The molecule has 5 nitrogen and oxygen atoms in total. The van der Waals surface area contributed by atoms with Crippen LogP contribution < -0.4 is 10.2 Å². The van der Waals surface area contributed by atoms with Gasteiger partial charge in [0.05, 0.1) is 29.0 Å². The van der Waals surface area contributed by atoms with E-state index in [1.165, 1.54) is 12.3 Å². The lowest BCUT2D eigenvalue weighted by atomic mass is 10.3. The first-order chi connectivity index (χ1) is 11.7. The van der Waals surface area contributed by atoms with Crippen molar-refractivity contribution in [3.05, 3.63) is 41.7 Å². The average Bonchev–Trinajstić information content (AvgIpc) is 3.17. The van der Waals surface area contributed by atoms with Crippen LogP contribution in [-0.2, 0) is 4.74 Å². The molecule has 0 unspecified atom stereocenters. The maximum Gasteiger partial charge on any atom is 0.187 e. The van der Waals surface area contributed by atoms with Crippen molar-refractivity contribution in [3.63, 3.8) is 0 Å². The number of thiazole rings is 1. The van der Waals surface area contributed by atoms with E-state index in [1.54, 1.807) is 28.7 Å². The number of nitrogens with one attached hydrogen (secondary N) is 1. The first-order valence-corrected chi connectivity index (χ1v) is 9.13. The number of rotatable bonds is 4. The highest BCUT2D eigenvalue weighted by Gasteiger charge is 2.17. The van der Waals surface area contributed by atoms with Crippen LogP contribution in [0, 0.1) is 5.82 Å². The summed E-state index contributed by atoms with van der Waals surface area (Å²) < 4.78 is 19.4. The smallest absolute Gasteiger partial charge is 0.187 e. The Bertz CT molecular complexity index is 843. The predicted octanol–water partition coefficient (Wildman–Crippen LogP) is 4.06. The largest absolute Gasteiger partial charge is 0.378 e. The Morgan fingerprint density at radius 1 is 1.33 bits per heavy atom. The van der Waals surface area contributed by atoms with Crippen molar-refractivity contribution in [1.29, 1.82) is 0 Å². The number of aromatic nitrogens is 2. The molecule has 1 N–H and O–H groups in total. The van der Waals surface area contributed by atoms with Crippen LogP contribution in [-0.4, -0.2) is 36.3 Å². The van der Waals surface area contributed by atoms with Gasteiger partial charge in [0.2, 0.25) is 0 Å². The Balaban J connectivity index is 0.00000182. The molecule has 0 spiro atoms. The molecule has 4 heterocycles. The molecule has 0 amide bonds.